The van der Waals surface area contributed by atoms with E-state index in [1.807, 2.05) is 26.8 Å². The van der Waals surface area contributed by atoms with Gasteiger partial charge in [0, 0.05) is 6.04 Å². The van der Waals surface area contributed by atoms with E-state index >= 15 is 0 Å². The Morgan fingerprint density at radius 3 is 2.74 bits per heavy atom. The van der Waals surface area contributed by atoms with Crippen LogP contribution in [0.1, 0.15) is 32.0 Å². The molecule has 0 aliphatic carbocycles. The minimum absolute atomic E-state index is 0.0534. The van der Waals surface area contributed by atoms with Gasteiger partial charge in [0.15, 0.2) is 5.82 Å². The summed E-state index contributed by atoms with van der Waals surface area (Å²) >= 11 is 0. The van der Waals surface area contributed by atoms with Crippen LogP contribution in [0.15, 0.2) is 24.3 Å². The number of urea groups is 1. The molecule has 6 nitrogen and oxygen atoms in total. The summed E-state index contributed by atoms with van der Waals surface area (Å²) in [7, 11) is 0. The van der Waals surface area contributed by atoms with Crippen LogP contribution in [0.25, 0.3) is 0 Å². The first-order chi connectivity index (χ1) is 10.9. The quantitative estimate of drug-likeness (QED) is 0.890. The zero-order chi connectivity index (χ0) is 17.0. The zero-order valence-electron chi connectivity index (χ0n) is 13.8. The summed E-state index contributed by atoms with van der Waals surface area (Å²) in [6.07, 6.45) is 0. The highest BCUT2D eigenvalue weighted by molar-refractivity contribution is 5.88. The van der Waals surface area contributed by atoms with Gasteiger partial charge < -0.3 is 5.32 Å². The minimum Gasteiger partial charge on any atom is -0.335 e. The maximum Gasteiger partial charge on any atom is 0.320 e. The lowest BCUT2D eigenvalue weighted by atomic mass is 10.1. The van der Waals surface area contributed by atoms with Crippen molar-refractivity contribution in [2.45, 2.75) is 40.3 Å². The molecule has 2 rings (SSSR count). The Hall–Kier alpha value is -2.44. The highest BCUT2D eigenvalue weighted by Crippen LogP contribution is 2.13. The van der Waals surface area contributed by atoms with Crippen molar-refractivity contribution in [3.05, 3.63) is 41.3 Å². The van der Waals surface area contributed by atoms with E-state index in [4.69, 9.17) is 0 Å². The van der Waals surface area contributed by atoms with Crippen molar-refractivity contribution in [1.82, 2.24) is 20.3 Å². The van der Waals surface area contributed by atoms with Crippen molar-refractivity contribution in [1.29, 1.82) is 0 Å². The van der Waals surface area contributed by atoms with Crippen LogP contribution in [0.3, 0.4) is 0 Å². The van der Waals surface area contributed by atoms with Gasteiger partial charge >= 0.3 is 6.03 Å². The largest absolute Gasteiger partial charge is 0.335 e. The van der Waals surface area contributed by atoms with Crippen LogP contribution in [0.5, 0.6) is 0 Å². The molecule has 1 aromatic carbocycles. The highest BCUT2D eigenvalue weighted by Gasteiger charge is 2.15. The average molecular weight is 319 g/mol. The molecule has 1 heterocycles. The molecule has 0 spiro atoms. The molecule has 7 heteroatoms. The van der Waals surface area contributed by atoms with Crippen molar-refractivity contribution >= 4 is 11.8 Å². The Morgan fingerprint density at radius 2 is 2.09 bits per heavy atom. The van der Waals surface area contributed by atoms with Gasteiger partial charge in [-0.3, -0.25) is 5.32 Å². The van der Waals surface area contributed by atoms with E-state index in [0.29, 0.717) is 24.0 Å². The normalized spacial score (nSPS) is 12.3. The number of nitrogens with zero attached hydrogens (tertiary/aromatic N) is 3. The van der Waals surface area contributed by atoms with Crippen LogP contribution >= 0.6 is 0 Å². The third-order valence-electron chi connectivity index (χ3n) is 3.79. The molecule has 0 fully saturated rings. The van der Waals surface area contributed by atoms with Crippen molar-refractivity contribution in [2.75, 3.05) is 5.32 Å². The molecule has 23 heavy (non-hydrogen) atoms. The number of amides is 2. The third-order valence-corrected chi connectivity index (χ3v) is 3.79. The maximum absolute atomic E-state index is 13.2. The maximum atomic E-state index is 13.2. The van der Waals surface area contributed by atoms with E-state index in [-0.39, 0.29) is 17.9 Å². The monoisotopic (exact) mass is 319 g/mol. The first kappa shape index (κ1) is 16.9. The second kappa shape index (κ2) is 7.21. The summed E-state index contributed by atoms with van der Waals surface area (Å²) in [6, 6.07) is 6.05. The number of anilines is 1. The molecule has 124 valence electrons. The van der Waals surface area contributed by atoms with Gasteiger partial charge in [-0.2, -0.15) is 0 Å². The van der Waals surface area contributed by atoms with Gasteiger partial charge in [0.2, 0.25) is 0 Å². The van der Waals surface area contributed by atoms with Gasteiger partial charge in [0.25, 0.3) is 0 Å². The number of halogens is 1. The predicted molar refractivity (Wildman–Crippen MR) is 86.7 cm³/mol. The highest BCUT2D eigenvalue weighted by atomic mass is 19.1. The second-order valence-electron chi connectivity index (χ2n) is 5.94. The molecule has 0 aliphatic rings. The fraction of sp³-hybridized carbons (Fsp3) is 0.438. The van der Waals surface area contributed by atoms with Crippen LogP contribution in [-0.4, -0.2) is 27.1 Å². The summed E-state index contributed by atoms with van der Waals surface area (Å²) in [5.74, 6) is 0.445. The number of aromatic nitrogens is 3. The molecule has 1 aromatic heterocycles. The zero-order valence-corrected chi connectivity index (χ0v) is 13.8. The summed E-state index contributed by atoms with van der Waals surface area (Å²) < 4.78 is 14.8. The number of carbonyl (C=O) groups is 1. The molecule has 2 amide bonds. The Labute approximate surface area is 135 Å². The summed E-state index contributed by atoms with van der Waals surface area (Å²) in [4.78, 5) is 11.9. The van der Waals surface area contributed by atoms with Gasteiger partial charge in [-0.1, -0.05) is 31.2 Å². The number of rotatable bonds is 5. The molecule has 0 unspecified atom stereocenters. The topological polar surface area (TPSA) is 71.8 Å². The molecule has 2 N–H and O–H groups in total. The second-order valence-corrected chi connectivity index (χ2v) is 5.94. The number of benzene rings is 1. The average Bonchev–Trinajstić information content (AvgIpc) is 2.80. The van der Waals surface area contributed by atoms with Gasteiger partial charge in [0.1, 0.15) is 5.82 Å². The fourth-order valence-electron chi connectivity index (χ4n) is 1.95. The molecule has 0 radical (unpaired) electrons. The van der Waals surface area contributed by atoms with E-state index in [0.717, 1.165) is 5.56 Å². The lowest BCUT2D eigenvalue weighted by Gasteiger charge is -2.17. The van der Waals surface area contributed by atoms with Gasteiger partial charge in [-0.15, -0.1) is 5.10 Å². The molecule has 1 atom stereocenters. The number of hydrogen-bond donors (Lipinski definition) is 2. The van der Waals surface area contributed by atoms with E-state index in [2.05, 4.69) is 20.9 Å². The van der Waals surface area contributed by atoms with Crippen LogP contribution in [0.2, 0.25) is 0 Å². The van der Waals surface area contributed by atoms with Crippen LogP contribution in [0, 0.1) is 18.7 Å². The first-order valence-corrected chi connectivity index (χ1v) is 7.59. The van der Waals surface area contributed by atoms with Crippen molar-refractivity contribution < 1.29 is 9.18 Å². The van der Waals surface area contributed by atoms with Crippen LogP contribution < -0.4 is 10.6 Å². The Kier molecular flexibility index (Phi) is 5.31. The Bertz CT molecular complexity index is 683. The minimum atomic E-state index is -0.313. The Balaban J connectivity index is 2.03. The number of carbonyl (C=O) groups excluding carboxylic acids is 1. The van der Waals surface area contributed by atoms with Gasteiger partial charge in [-0.25, -0.2) is 13.9 Å². The van der Waals surface area contributed by atoms with Crippen LogP contribution in [-0.2, 0) is 6.54 Å². The third kappa shape index (κ3) is 4.51. The SMILES string of the molecule is Cc1c(NC(=O)N[C@@H](C)C(C)C)nnn1Cc1cccc(F)c1. The Morgan fingerprint density at radius 1 is 1.35 bits per heavy atom. The van der Waals surface area contributed by atoms with E-state index in [1.54, 1.807) is 17.7 Å². The number of hydrogen-bond acceptors (Lipinski definition) is 3. The molecule has 0 bridgehead atoms. The standard InChI is InChI=1S/C16H22FN5O/c1-10(2)11(3)18-16(23)19-15-12(4)22(21-20-15)9-13-6-5-7-14(17)8-13/h5-8,10-11H,9H2,1-4H3,(H2,18,19,23)/t11-/m0/s1. The van der Waals surface area contributed by atoms with Crippen molar-refractivity contribution in [3.63, 3.8) is 0 Å². The van der Waals surface area contributed by atoms with E-state index in [9.17, 15) is 9.18 Å². The molecule has 0 aliphatic heterocycles. The lowest BCUT2D eigenvalue weighted by molar-refractivity contribution is 0.246. The smallest absolute Gasteiger partial charge is 0.320 e. The molecular formula is C16H22FN5O. The van der Waals surface area contributed by atoms with E-state index < -0.39 is 0 Å². The lowest BCUT2D eigenvalue weighted by Crippen LogP contribution is -2.39. The summed E-state index contributed by atoms with van der Waals surface area (Å²) in [5, 5.41) is 13.5. The fourth-order valence-corrected chi connectivity index (χ4v) is 1.95. The van der Waals surface area contributed by atoms with Crippen molar-refractivity contribution in [3.8, 4) is 0 Å². The molecule has 2 aromatic rings. The number of nitrogens with one attached hydrogen (secondary N) is 2. The molecule has 0 saturated carbocycles. The first-order valence-electron chi connectivity index (χ1n) is 7.59. The van der Waals surface area contributed by atoms with Gasteiger partial charge in [-0.05, 0) is 37.5 Å². The predicted octanol–water partition coefficient (Wildman–Crippen LogP) is 2.94. The van der Waals surface area contributed by atoms with Gasteiger partial charge in [0.05, 0.1) is 12.2 Å². The van der Waals surface area contributed by atoms with Crippen LogP contribution in [0.4, 0.5) is 15.0 Å². The molecular weight excluding hydrogens is 297 g/mol. The molecule has 0 saturated heterocycles. The van der Waals surface area contributed by atoms with Crippen molar-refractivity contribution in [2.24, 2.45) is 5.92 Å². The summed E-state index contributed by atoms with van der Waals surface area (Å²) in [5.41, 5.74) is 1.49. The summed E-state index contributed by atoms with van der Waals surface area (Å²) in [6.45, 7) is 8.21. The van der Waals surface area contributed by atoms with E-state index in [1.165, 1.54) is 12.1 Å².